The summed E-state index contributed by atoms with van der Waals surface area (Å²) < 4.78 is 31.3. The molecule has 1 aromatic rings. The first-order valence-electron chi connectivity index (χ1n) is 6.94. The monoisotopic (exact) mass is 330 g/mol. The van der Waals surface area contributed by atoms with E-state index in [4.69, 9.17) is 4.74 Å². The quantitative estimate of drug-likeness (QED) is 0.593. The summed E-state index contributed by atoms with van der Waals surface area (Å²) in [6, 6.07) is 4.09. The van der Waals surface area contributed by atoms with Crippen molar-refractivity contribution in [3.05, 3.63) is 23.8 Å². The van der Waals surface area contributed by atoms with E-state index >= 15 is 0 Å². The summed E-state index contributed by atoms with van der Waals surface area (Å²) >= 11 is 0. The second-order valence-corrected chi connectivity index (χ2v) is 6.62. The topological polar surface area (TPSA) is 105 Å². The highest BCUT2D eigenvalue weighted by Crippen LogP contribution is 2.22. The van der Waals surface area contributed by atoms with E-state index in [9.17, 15) is 18.3 Å². The molecule has 0 aromatic heterocycles. The van der Waals surface area contributed by atoms with E-state index in [1.165, 1.54) is 19.2 Å². The standard InChI is InChI=1S/C14H22N2O5S/c1-4-10(2)16-13-6-5-11(9-12(13)14(17)18)22(19,20)15-7-8-21-3/h5-6,9-10,15-16H,4,7-8H2,1-3H3,(H,17,18)/t10-/m0/s1. The number of hydrogen-bond donors (Lipinski definition) is 3. The molecular formula is C14H22N2O5S. The van der Waals surface area contributed by atoms with Crippen LogP contribution in [-0.2, 0) is 14.8 Å². The maximum atomic E-state index is 12.1. The Labute approximate surface area is 130 Å². The Morgan fingerprint density at radius 2 is 2.09 bits per heavy atom. The molecule has 0 spiro atoms. The van der Waals surface area contributed by atoms with Gasteiger partial charge in [-0.05, 0) is 31.5 Å². The molecule has 0 fully saturated rings. The smallest absolute Gasteiger partial charge is 0.337 e. The van der Waals surface area contributed by atoms with Crippen molar-refractivity contribution in [1.29, 1.82) is 0 Å². The van der Waals surface area contributed by atoms with Gasteiger partial charge in [-0.2, -0.15) is 0 Å². The predicted molar refractivity (Wildman–Crippen MR) is 83.8 cm³/mol. The van der Waals surface area contributed by atoms with E-state index in [1.54, 1.807) is 0 Å². The molecule has 1 atom stereocenters. The maximum absolute atomic E-state index is 12.1. The Morgan fingerprint density at radius 3 is 2.64 bits per heavy atom. The van der Waals surface area contributed by atoms with Gasteiger partial charge in [-0.3, -0.25) is 0 Å². The minimum Gasteiger partial charge on any atom is -0.478 e. The van der Waals surface area contributed by atoms with Gasteiger partial charge in [-0.1, -0.05) is 6.92 Å². The number of anilines is 1. The number of benzene rings is 1. The minimum absolute atomic E-state index is 0.0742. The molecule has 22 heavy (non-hydrogen) atoms. The number of carboxylic acid groups (broad SMARTS) is 1. The highest BCUT2D eigenvalue weighted by atomic mass is 32.2. The highest BCUT2D eigenvalue weighted by Gasteiger charge is 2.19. The van der Waals surface area contributed by atoms with Crippen LogP contribution in [0.5, 0.6) is 0 Å². The number of nitrogens with one attached hydrogen (secondary N) is 2. The van der Waals surface area contributed by atoms with Crippen LogP contribution in [0.25, 0.3) is 0 Å². The maximum Gasteiger partial charge on any atom is 0.337 e. The molecule has 0 aliphatic carbocycles. The number of methoxy groups -OCH3 is 1. The Bertz CT molecular complexity index is 616. The largest absolute Gasteiger partial charge is 0.478 e. The lowest BCUT2D eigenvalue weighted by Gasteiger charge is -2.16. The van der Waals surface area contributed by atoms with E-state index in [1.807, 2.05) is 13.8 Å². The second kappa shape index (κ2) is 8.11. The Balaban J connectivity index is 3.09. The van der Waals surface area contributed by atoms with Gasteiger partial charge in [0, 0.05) is 25.4 Å². The lowest BCUT2D eigenvalue weighted by molar-refractivity contribution is 0.0697. The molecule has 0 saturated carbocycles. The van der Waals surface area contributed by atoms with Crippen molar-refractivity contribution < 1.29 is 23.1 Å². The van der Waals surface area contributed by atoms with E-state index < -0.39 is 16.0 Å². The van der Waals surface area contributed by atoms with Crippen molar-refractivity contribution in [3.63, 3.8) is 0 Å². The molecular weight excluding hydrogens is 308 g/mol. The first kappa shape index (κ1) is 18.4. The van der Waals surface area contributed by atoms with Crippen molar-refractivity contribution >= 4 is 21.7 Å². The van der Waals surface area contributed by atoms with Crippen LogP contribution < -0.4 is 10.0 Å². The molecule has 3 N–H and O–H groups in total. The average molecular weight is 330 g/mol. The summed E-state index contributed by atoms with van der Waals surface area (Å²) in [6.45, 7) is 4.24. The average Bonchev–Trinajstić information content (AvgIpc) is 2.47. The second-order valence-electron chi connectivity index (χ2n) is 4.86. The zero-order chi connectivity index (χ0) is 16.8. The zero-order valence-corrected chi connectivity index (χ0v) is 13.7. The molecule has 0 radical (unpaired) electrons. The van der Waals surface area contributed by atoms with E-state index in [2.05, 4.69) is 10.0 Å². The Hall–Kier alpha value is -1.64. The number of rotatable bonds is 9. The van der Waals surface area contributed by atoms with Crippen molar-refractivity contribution in [2.24, 2.45) is 0 Å². The Kier molecular flexibility index (Phi) is 6.79. The van der Waals surface area contributed by atoms with Crippen molar-refractivity contribution in [1.82, 2.24) is 4.72 Å². The van der Waals surface area contributed by atoms with Gasteiger partial charge < -0.3 is 15.2 Å². The van der Waals surface area contributed by atoms with Gasteiger partial charge in [0.25, 0.3) is 0 Å². The van der Waals surface area contributed by atoms with Gasteiger partial charge in [0.05, 0.1) is 17.1 Å². The van der Waals surface area contributed by atoms with E-state index in [-0.39, 0.29) is 29.7 Å². The fourth-order valence-electron chi connectivity index (χ4n) is 1.72. The number of hydrogen-bond acceptors (Lipinski definition) is 5. The molecule has 7 nitrogen and oxygen atoms in total. The molecule has 1 rings (SSSR count). The summed E-state index contributed by atoms with van der Waals surface area (Å²) in [5.74, 6) is -1.18. The van der Waals surface area contributed by atoms with Crippen LogP contribution in [0.1, 0.15) is 30.6 Å². The van der Waals surface area contributed by atoms with Gasteiger partial charge in [0.1, 0.15) is 0 Å². The fraction of sp³-hybridized carbons (Fsp3) is 0.500. The first-order chi connectivity index (χ1) is 10.3. The molecule has 0 aliphatic rings. The molecule has 1 aromatic carbocycles. The summed E-state index contributed by atoms with van der Waals surface area (Å²) in [5.41, 5.74) is 0.326. The lowest BCUT2D eigenvalue weighted by atomic mass is 10.1. The van der Waals surface area contributed by atoms with Gasteiger partial charge in [-0.15, -0.1) is 0 Å². The van der Waals surface area contributed by atoms with Crippen LogP contribution in [-0.4, -0.2) is 45.8 Å². The van der Waals surface area contributed by atoms with Crippen molar-refractivity contribution in [2.45, 2.75) is 31.2 Å². The predicted octanol–water partition coefficient (Wildman–Crippen LogP) is 1.52. The SMILES string of the molecule is CC[C@H](C)Nc1ccc(S(=O)(=O)NCCOC)cc1C(=O)O. The van der Waals surface area contributed by atoms with Crippen molar-refractivity contribution in [2.75, 3.05) is 25.6 Å². The van der Waals surface area contributed by atoms with Gasteiger partial charge in [-0.25, -0.2) is 17.9 Å². The van der Waals surface area contributed by atoms with Crippen molar-refractivity contribution in [3.8, 4) is 0 Å². The van der Waals surface area contributed by atoms with Crippen LogP contribution in [0, 0.1) is 0 Å². The molecule has 0 amide bonds. The van der Waals surface area contributed by atoms with Crippen LogP contribution in [0.4, 0.5) is 5.69 Å². The molecule has 0 bridgehead atoms. The summed E-state index contributed by atoms with van der Waals surface area (Å²) in [7, 11) is -2.30. The highest BCUT2D eigenvalue weighted by molar-refractivity contribution is 7.89. The fourth-order valence-corrected chi connectivity index (χ4v) is 2.76. The van der Waals surface area contributed by atoms with Crippen LogP contribution in [0.3, 0.4) is 0 Å². The number of carboxylic acids is 1. The third kappa shape index (κ3) is 4.97. The van der Waals surface area contributed by atoms with Gasteiger partial charge in [0.15, 0.2) is 0 Å². The van der Waals surface area contributed by atoms with Gasteiger partial charge >= 0.3 is 5.97 Å². The molecule has 0 saturated heterocycles. The third-order valence-corrected chi connectivity index (χ3v) is 4.60. The van der Waals surface area contributed by atoms with Crippen LogP contribution >= 0.6 is 0 Å². The van der Waals surface area contributed by atoms with Crippen LogP contribution in [0.2, 0.25) is 0 Å². The number of carbonyl (C=O) groups is 1. The summed E-state index contributed by atoms with van der Waals surface area (Å²) in [5, 5.41) is 12.3. The van der Waals surface area contributed by atoms with E-state index in [0.717, 1.165) is 12.5 Å². The molecule has 0 heterocycles. The molecule has 0 aliphatic heterocycles. The Morgan fingerprint density at radius 1 is 1.41 bits per heavy atom. The first-order valence-corrected chi connectivity index (χ1v) is 8.42. The number of ether oxygens (including phenoxy) is 1. The molecule has 8 heteroatoms. The molecule has 0 unspecified atom stereocenters. The number of sulfonamides is 1. The zero-order valence-electron chi connectivity index (χ0n) is 12.9. The minimum atomic E-state index is -3.76. The van der Waals surface area contributed by atoms with Gasteiger partial charge in [0.2, 0.25) is 10.0 Å². The molecule has 124 valence electrons. The number of aromatic carboxylic acids is 1. The van der Waals surface area contributed by atoms with E-state index in [0.29, 0.717) is 5.69 Å². The normalized spacial score (nSPS) is 12.9. The lowest BCUT2D eigenvalue weighted by Crippen LogP contribution is -2.27. The summed E-state index contributed by atoms with van der Waals surface area (Å²) in [6.07, 6.45) is 0.817. The van der Waals surface area contributed by atoms with Crippen LogP contribution in [0.15, 0.2) is 23.1 Å². The summed E-state index contributed by atoms with van der Waals surface area (Å²) in [4.78, 5) is 11.3. The third-order valence-electron chi connectivity index (χ3n) is 3.14.